The first-order chi connectivity index (χ1) is 1.91. The molecule has 0 saturated heterocycles. The van der Waals surface area contributed by atoms with Crippen LogP contribution in [0.4, 0.5) is 0 Å². The second kappa shape index (κ2) is 2.89. The van der Waals surface area contributed by atoms with Crippen molar-refractivity contribution in [2.45, 2.75) is 0 Å². The molecule has 0 unspecified atom stereocenters. The third kappa shape index (κ3) is 1.89. The predicted octanol–water partition coefficient (Wildman–Crippen LogP) is 0.949. The Morgan fingerprint density at radius 3 is 2.25 bits per heavy atom. The Hall–Kier alpha value is -0.110. The van der Waals surface area contributed by atoms with Gasteiger partial charge in [0, 0.05) is 0 Å². The minimum Gasteiger partial charge on any atom is -0.150 e. The summed E-state index contributed by atoms with van der Waals surface area (Å²) in [7, 11) is 0. The van der Waals surface area contributed by atoms with E-state index in [1.165, 1.54) is 0 Å². The average molecular weight is 79.5 g/mol. The van der Waals surface area contributed by atoms with E-state index in [1.54, 1.807) is 0 Å². The first-order valence-corrected chi connectivity index (χ1v) is 1.30. The largest absolute Gasteiger partial charge is 0.155 e. The molecule has 0 amide bonds. The van der Waals surface area contributed by atoms with Gasteiger partial charge in [-0.3, -0.25) is 0 Å². The molecule has 0 heterocycles. The van der Waals surface area contributed by atoms with E-state index in [-0.39, 0.29) is 6.00 Å². The Bertz CT molecular complexity index is 22.0. The molecule has 0 aliphatic rings. The highest BCUT2D eigenvalue weighted by molar-refractivity contribution is 6.17. The van der Waals surface area contributed by atoms with E-state index in [9.17, 15) is 0 Å². The molecule has 2 nitrogen and oxygen atoms in total. The monoisotopic (exact) mass is 79.0 g/mol. The minimum absolute atomic E-state index is 0.139. The molecule has 0 aromatic heterocycles. The molecule has 24 valence electrons. The van der Waals surface area contributed by atoms with Crippen LogP contribution in [-0.4, -0.2) is 6.00 Å². The molecule has 0 aliphatic carbocycles. The van der Waals surface area contributed by atoms with E-state index in [2.05, 4.69) is 5.18 Å². The Balaban J connectivity index is 2.30. The topological polar surface area (TPSA) is 29.4 Å². The summed E-state index contributed by atoms with van der Waals surface area (Å²) in [5.41, 5.74) is 0. The molecular weight excluding hydrogens is 77.5 g/mol. The summed E-state index contributed by atoms with van der Waals surface area (Å²) in [5.74, 6) is 0. The fourth-order valence-corrected chi connectivity index (χ4v) is 0. The van der Waals surface area contributed by atoms with Crippen molar-refractivity contribution < 1.29 is 0 Å². The van der Waals surface area contributed by atoms with Crippen molar-refractivity contribution in [3.8, 4) is 0 Å². The molecule has 0 N–H and O–H groups in total. The van der Waals surface area contributed by atoms with Crippen molar-refractivity contribution in [1.82, 2.24) is 0 Å². The number of nitroso groups, excluding NO2 is 1. The Morgan fingerprint density at radius 2 is 2.25 bits per heavy atom. The number of rotatable bonds is 1. The van der Waals surface area contributed by atoms with Gasteiger partial charge >= 0.3 is 0 Å². The van der Waals surface area contributed by atoms with Crippen LogP contribution in [0.25, 0.3) is 0 Å². The van der Waals surface area contributed by atoms with Gasteiger partial charge in [0.05, 0.1) is 0 Å². The van der Waals surface area contributed by atoms with Crippen molar-refractivity contribution in [2.24, 2.45) is 5.18 Å². The van der Waals surface area contributed by atoms with Crippen LogP contribution in [-0.2, 0) is 0 Å². The zero-order valence-electron chi connectivity index (χ0n) is 1.94. The van der Waals surface area contributed by atoms with Crippen LogP contribution < -0.4 is 0 Å². The Morgan fingerprint density at radius 1 is 2.00 bits per heavy atom. The fraction of sp³-hybridized carbons (Fsp3) is 1.00. The quantitative estimate of drug-likeness (QED) is 0.261. The summed E-state index contributed by atoms with van der Waals surface area (Å²) < 4.78 is 0. The summed E-state index contributed by atoms with van der Waals surface area (Å²) >= 11 is 4.71. The highest BCUT2D eigenvalue weighted by Gasteiger charge is 1.54. The van der Waals surface area contributed by atoms with Gasteiger partial charge in [0.25, 0.3) is 0 Å². The molecule has 4 heavy (non-hydrogen) atoms. The number of hydrogen-bond donors (Lipinski definition) is 0. The molecule has 3 heteroatoms. The molecule has 0 rings (SSSR count). The Kier molecular flexibility index (Phi) is 2.81. The van der Waals surface area contributed by atoms with E-state index < -0.39 is 0 Å². The lowest BCUT2D eigenvalue weighted by molar-refractivity contribution is 1.34. The molecule has 0 spiro atoms. The average Bonchev–Trinajstić information content (AvgIpc) is 1.37. The summed E-state index contributed by atoms with van der Waals surface area (Å²) in [6.45, 7) is 0. The minimum atomic E-state index is -0.139. The van der Waals surface area contributed by atoms with Crippen LogP contribution in [0.3, 0.4) is 0 Å². The van der Waals surface area contributed by atoms with Crippen LogP contribution in [0.1, 0.15) is 0 Å². The first-order valence-electron chi connectivity index (χ1n) is 0.766. The second-order valence-electron chi connectivity index (χ2n) is 0.249. The third-order valence-electron chi connectivity index (χ3n) is 0.0488. The van der Waals surface area contributed by atoms with Gasteiger partial charge in [-0.1, -0.05) is 16.8 Å². The van der Waals surface area contributed by atoms with Gasteiger partial charge in [0.2, 0.25) is 0 Å². The summed E-state index contributed by atoms with van der Waals surface area (Å²) in [5, 5.41) is 2.25. The van der Waals surface area contributed by atoms with E-state index >= 15 is 0 Å². The highest BCUT2D eigenvalue weighted by Crippen LogP contribution is 1.67. The zero-order chi connectivity index (χ0) is 3.41. The third-order valence-corrected chi connectivity index (χ3v) is 0.146. The molecule has 0 aromatic rings. The molecule has 0 radical (unpaired) electrons. The van der Waals surface area contributed by atoms with E-state index in [1.807, 2.05) is 0 Å². The normalized spacial score (nSPS) is 6.25. The highest BCUT2D eigenvalue weighted by atomic mass is 35.5. The molecule has 0 saturated carbocycles. The fourth-order valence-electron chi connectivity index (χ4n) is 0. The van der Waals surface area contributed by atoms with Gasteiger partial charge < -0.3 is 0 Å². The van der Waals surface area contributed by atoms with Gasteiger partial charge in [-0.2, -0.15) is 0 Å². The van der Waals surface area contributed by atoms with Crippen LogP contribution in [0.15, 0.2) is 5.18 Å². The van der Waals surface area contributed by atoms with E-state index in [4.69, 9.17) is 16.5 Å². The predicted molar refractivity (Wildman–Crippen MR) is 16.5 cm³/mol. The van der Waals surface area contributed by atoms with Gasteiger partial charge in [-0.25, -0.2) is 0 Å². The van der Waals surface area contributed by atoms with E-state index in [0.717, 1.165) is 0 Å². The number of alkyl halides is 1. The van der Waals surface area contributed by atoms with Crippen molar-refractivity contribution >= 4 is 11.6 Å². The van der Waals surface area contributed by atoms with Crippen molar-refractivity contribution in [3.63, 3.8) is 0 Å². The SMILES string of the molecule is O=NCCl. The van der Waals surface area contributed by atoms with Crippen molar-refractivity contribution in [1.29, 1.82) is 0 Å². The maximum Gasteiger partial charge on any atom is 0.155 e. The van der Waals surface area contributed by atoms with Gasteiger partial charge in [-0.15, -0.1) is 4.91 Å². The number of nitrogens with zero attached hydrogens (tertiary/aromatic N) is 1. The second-order valence-corrected chi connectivity index (χ2v) is 0.488. The standard InChI is InChI=1S/CH2ClNO/c2-1-3-4/h1H2. The molecule has 0 atom stereocenters. The molecular formula is CH2ClNO. The van der Waals surface area contributed by atoms with Crippen molar-refractivity contribution in [3.05, 3.63) is 4.91 Å². The maximum absolute atomic E-state index is 8.79. The van der Waals surface area contributed by atoms with Crippen LogP contribution in [0.5, 0.6) is 0 Å². The lowest BCUT2D eigenvalue weighted by Gasteiger charge is -1.49. The summed E-state index contributed by atoms with van der Waals surface area (Å²) in [6.07, 6.45) is 0. The lowest BCUT2D eigenvalue weighted by atomic mass is 11.5. The molecule has 0 fully saturated rings. The zero-order valence-corrected chi connectivity index (χ0v) is 2.70. The summed E-state index contributed by atoms with van der Waals surface area (Å²) in [4.78, 5) is 8.79. The molecule has 0 bridgehead atoms. The van der Waals surface area contributed by atoms with Gasteiger partial charge in [-0.05, 0) is 0 Å². The van der Waals surface area contributed by atoms with E-state index in [0.29, 0.717) is 0 Å². The van der Waals surface area contributed by atoms with Crippen LogP contribution in [0.2, 0.25) is 0 Å². The lowest BCUT2D eigenvalue weighted by Crippen LogP contribution is -1.45. The summed E-state index contributed by atoms with van der Waals surface area (Å²) in [6, 6.07) is -0.139. The van der Waals surface area contributed by atoms with Gasteiger partial charge in [0.1, 0.15) is 0 Å². The molecule has 0 aromatic carbocycles. The smallest absolute Gasteiger partial charge is 0.150 e. The number of halogens is 1. The van der Waals surface area contributed by atoms with Crippen LogP contribution >= 0.6 is 11.6 Å². The van der Waals surface area contributed by atoms with Gasteiger partial charge in [0.15, 0.2) is 6.00 Å². The molecule has 0 aliphatic heterocycles. The number of hydrogen-bond acceptors (Lipinski definition) is 2. The Labute approximate surface area is 28.7 Å². The first kappa shape index (κ1) is 3.89. The maximum atomic E-state index is 8.79. The van der Waals surface area contributed by atoms with Crippen molar-refractivity contribution in [2.75, 3.05) is 6.00 Å². The van der Waals surface area contributed by atoms with Crippen LogP contribution in [0, 0.1) is 4.91 Å².